The second kappa shape index (κ2) is 12.3. The van der Waals surface area contributed by atoms with E-state index in [9.17, 15) is 19.1 Å². The number of carbonyl (C=O) groups is 2. The smallest absolute Gasteiger partial charge is 0.301 e. The van der Waals surface area contributed by atoms with Gasteiger partial charge in [0.1, 0.15) is 37.1 Å². The third-order valence-corrected chi connectivity index (χ3v) is 8.81. The third kappa shape index (κ3) is 5.84. The highest BCUT2D eigenvalue weighted by Crippen LogP contribution is 2.45. The van der Waals surface area contributed by atoms with Crippen molar-refractivity contribution in [1.82, 2.24) is 10.2 Å². The number of carbonyl (C=O) groups excluding carboxylic acids is 2. The highest BCUT2D eigenvalue weighted by Gasteiger charge is 2.48. The van der Waals surface area contributed by atoms with Gasteiger partial charge in [-0.1, -0.05) is 60.0 Å². The van der Waals surface area contributed by atoms with E-state index in [1.54, 1.807) is 60.7 Å². The van der Waals surface area contributed by atoms with Gasteiger partial charge in [0.05, 0.1) is 11.6 Å². The van der Waals surface area contributed by atoms with Gasteiger partial charge in [-0.15, -0.1) is 10.2 Å². The monoisotopic (exact) mass is 617 g/mol. The number of benzene rings is 3. The Balaban J connectivity index is 1.39. The van der Waals surface area contributed by atoms with Crippen LogP contribution in [0.25, 0.3) is 5.76 Å². The zero-order valence-corrected chi connectivity index (χ0v) is 24.2. The van der Waals surface area contributed by atoms with Crippen LogP contribution in [0.5, 0.6) is 17.2 Å². The van der Waals surface area contributed by atoms with E-state index < -0.39 is 17.7 Å². The molecule has 12 heteroatoms. The molecule has 2 aliphatic rings. The second-order valence-electron chi connectivity index (χ2n) is 9.47. The number of fused-ring (bicyclic) bond motifs is 1. The summed E-state index contributed by atoms with van der Waals surface area (Å²) in [5.74, 6) is -0.468. The summed E-state index contributed by atoms with van der Waals surface area (Å²) in [4.78, 5) is 28.4. The number of rotatable bonds is 9. The molecule has 2 aliphatic heterocycles. The van der Waals surface area contributed by atoms with Crippen molar-refractivity contribution in [1.29, 1.82) is 0 Å². The minimum absolute atomic E-state index is 0.113. The van der Waals surface area contributed by atoms with E-state index in [2.05, 4.69) is 16.8 Å². The van der Waals surface area contributed by atoms with Crippen molar-refractivity contribution in [2.75, 3.05) is 24.7 Å². The fourth-order valence-electron chi connectivity index (χ4n) is 4.70. The number of ether oxygens (including phenoxy) is 3. The van der Waals surface area contributed by atoms with Gasteiger partial charge < -0.3 is 19.3 Å². The van der Waals surface area contributed by atoms with Gasteiger partial charge in [0.2, 0.25) is 5.13 Å². The van der Waals surface area contributed by atoms with E-state index in [4.69, 9.17) is 14.2 Å². The van der Waals surface area contributed by atoms with Crippen LogP contribution in [0.2, 0.25) is 0 Å². The Hall–Kier alpha value is -4.68. The zero-order valence-electron chi connectivity index (χ0n) is 22.6. The first kappa shape index (κ1) is 28.4. The number of nitrogens with zero attached hydrogens (tertiary/aromatic N) is 3. The van der Waals surface area contributed by atoms with E-state index in [-0.39, 0.29) is 28.9 Å². The number of thioether (sulfide) groups is 1. The van der Waals surface area contributed by atoms with Gasteiger partial charge in [-0.05, 0) is 53.6 Å². The molecule has 1 fully saturated rings. The molecule has 1 N–H and O–H groups in total. The van der Waals surface area contributed by atoms with Crippen LogP contribution in [0.15, 0.2) is 89.3 Å². The molecule has 4 aromatic rings. The summed E-state index contributed by atoms with van der Waals surface area (Å²) < 4.78 is 30.8. The number of aliphatic hydroxyl groups is 1. The standard InChI is InChI=1S/C31H24FN3O6S2/c1-2-12-39-22-5-3-4-19(15-22)26-25(27(36)20-8-11-23-24(16-20)41-14-13-40-23)28(37)29(38)35(26)30-33-34-31(43-30)42-17-18-6-9-21(32)10-7-18/h2-11,15-16,26,36H,1,12-14,17H2/t26-/m1/s1. The lowest BCUT2D eigenvalue weighted by Crippen LogP contribution is -2.29. The molecule has 0 unspecified atom stereocenters. The van der Waals surface area contributed by atoms with Crippen molar-refractivity contribution in [3.05, 3.63) is 107 Å². The molecule has 1 aromatic heterocycles. The fraction of sp³-hybridized carbons (Fsp3) is 0.161. The Morgan fingerprint density at radius 2 is 1.88 bits per heavy atom. The van der Waals surface area contributed by atoms with E-state index in [0.29, 0.717) is 51.7 Å². The fourth-order valence-corrected chi connectivity index (χ4v) is 6.53. The molecule has 218 valence electrons. The maximum Gasteiger partial charge on any atom is 0.301 e. The number of halogens is 1. The van der Waals surface area contributed by atoms with Gasteiger partial charge in [0, 0.05) is 11.3 Å². The van der Waals surface area contributed by atoms with Crippen molar-refractivity contribution in [2.24, 2.45) is 0 Å². The molecular weight excluding hydrogens is 593 g/mol. The van der Waals surface area contributed by atoms with Crippen LogP contribution < -0.4 is 19.1 Å². The Morgan fingerprint density at radius 3 is 2.67 bits per heavy atom. The van der Waals surface area contributed by atoms with E-state index >= 15 is 0 Å². The number of Topliss-reactive ketones (excluding diaryl/α,β-unsaturated/α-hetero) is 1. The first-order chi connectivity index (χ1) is 20.9. The summed E-state index contributed by atoms with van der Waals surface area (Å²) in [5.41, 5.74) is 1.59. The maximum atomic E-state index is 13.6. The summed E-state index contributed by atoms with van der Waals surface area (Å²) in [6, 6.07) is 16.9. The topological polar surface area (TPSA) is 111 Å². The van der Waals surface area contributed by atoms with E-state index in [1.807, 2.05) is 0 Å². The predicted octanol–water partition coefficient (Wildman–Crippen LogP) is 5.93. The van der Waals surface area contributed by atoms with Crippen molar-refractivity contribution in [3.63, 3.8) is 0 Å². The molecule has 0 radical (unpaired) electrons. The average Bonchev–Trinajstić information content (AvgIpc) is 3.61. The highest BCUT2D eigenvalue weighted by atomic mass is 32.2. The van der Waals surface area contributed by atoms with Gasteiger partial charge in [-0.25, -0.2) is 4.39 Å². The summed E-state index contributed by atoms with van der Waals surface area (Å²) in [6.45, 7) is 4.68. The van der Waals surface area contributed by atoms with Gasteiger partial charge in [0.25, 0.3) is 5.78 Å². The lowest BCUT2D eigenvalue weighted by Gasteiger charge is -2.23. The van der Waals surface area contributed by atoms with E-state index in [1.165, 1.54) is 28.8 Å². The minimum Gasteiger partial charge on any atom is -0.507 e. The number of hydrogen-bond donors (Lipinski definition) is 1. The lowest BCUT2D eigenvalue weighted by atomic mass is 9.95. The van der Waals surface area contributed by atoms with Crippen molar-refractivity contribution >= 4 is 45.7 Å². The first-order valence-electron chi connectivity index (χ1n) is 13.2. The number of anilines is 1. The van der Waals surface area contributed by atoms with Crippen LogP contribution in [0.1, 0.15) is 22.7 Å². The zero-order chi connectivity index (χ0) is 29.9. The molecule has 9 nitrogen and oxygen atoms in total. The largest absolute Gasteiger partial charge is 0.507 e. The molecule has 1 saturated heterocycles. The van der Waals surface area contributed by atoms with Crippen molar-refractivity contribution in [2.45, 2.75) is 16.1 Å². The van der Waals surface area contributed by atoms with Gasteiger partial charge >= 0.3 is 5.91 Å². The summed E-state index contributed by atoms with van der Waals surface area (Å²) in [5, 5.41) is 20.2. The SMILES string of the molecule is C=CCOc1cccc([C@@H]2C(=C(O)c3ccc4c(c3)OCCO4)C(=O)C(=O)N2c2nnc(SCc3ccc(F)cc3)s2)c1. The van der Waals surface area contributed by atoms with Gasteiger partial charge in [-0.3, -0.25) is 14.5 Å². The molecule has 43 heavy (non-hydrogen) atoms. The quantitative estimate of drug-likeness (QED) is 0.0610. The van der Waals surface area contributed by atoms with Crippen LogP contribution in [-0.2, 0) is 15.3 Å². The Labute approximate surface area is 254 Å². The lowest BCUT2D eigenvalue weighted by molar-refractivity contribution is -0.132. The van der Waals surface area contributed by atoms with Crippen LogP contribution in [0.4, 0.5) is 9.52 Å². The number of hydrogen-bond acceptors (Lipinski definition) is 10. The predicted molar refractivity (Wildman–Crippen MR) is 160 cm³/mol. The number of aromatic nitrogens is 2. The van der Waals surface area contributed by atoms with Crippen LogP contribution in [-0.4, -0.2) is 46.8 Å². The summed E-state index contributed by atoms with van der Waals surface area (Å²) >= 11 is 2.51. The summed E-state index contributed by atoms with van der Waals surface area (Å²) in [6.07, 6.45) is 1.60. The van der Waals surface area contributed by atoms with Crippen molar-refractivity contribution < 1.29 is 33.3 Å². The second-order valence-corrected chi connectivity index (χ2v) is 11.6. The normalized spacial score (nSPS) is 17.2. The van der Waals surface area contributed by atoms with Crippen LogP contribution in [0, 0.1) is 5.82 Å². The molecule has 1 atom stereocenters. The molecule has 0 saturated carbocycles. The molecular formula is C31H24FN3O6S2. The Bertz CT molecular complexity index is 1740. The molecule has 6 rings (SSSR count). The van der Waals surface area contributed by atoms with Gasteiger partial charge in [0.15, 0.2) is 15.8 Å². The maximum absolute atomic E-state index is 13.6. The molecule has 3 aromatic carbocycles. The Kier molecular flexibility index (Phi) is 8.12. The third-order valence-electron chi connectivity index (χ3n) is 6.68. The average molecular weight is 618 g/mol. The number of ketones is 1. The molecule has 1 amide bonds. The van der Waals surface area contributed by atoms with Crippen LogP contribution >= 0.6 is 23.1 Å². The number of aliphatic hydroxyl groups excluding tert-OH is 1. The van der Waals surface area contributed by atoms with Gasteiger partial charge in [-0.2, -0.15) is 0 Å². The molecule has 0 bridgehead atoms. The van der Waals surface area contributed by atoms with Crippen molar-refractivity contribution in [3.8, 4) is 17.2 Å². The van der Waals surface area contributed by atoms with E-state index in [0.717, 1.165) is 16.9 Å². The molecule has 3 heterocycles. The number of amides is 1. The van der Waals surface area contributed by atoms with Crippen LogP contribution in [0.3, 0.4) is 0 Å². The highest BCUT2D eigenvalue weighted by molar-refractivity contribution is 8.00. The minimum atomic E-state index is -1.02. The molecule has 0 spiro atoms. The first-order valence-corrected chi connectivity index (χ1v) is 15.0. The summed E-state index contributed by atoms with van der Waals surface area (Å²) in [7, 11) is 0. The molecule has 0 aliphatic carbocycles. The Morgan fingerprint density at radius 1 is 1.09 bits per heavy atom.